The summed E-state index contributed by atoms with van der Waals surface area (Å²) in [5.74, 6) is -2.70. The number of nitrogens with one attached hydrogen (secondary N) is 7. The van der Waals surface area contributed by atoms with E-state index in [1.54, 1.807) is 43.7 Å². The van der Waals surface area contributed by atoms with Gasteiger partial charge in [0.05, 0.1) is 37.3 Å². The van der Waals surface area contributed by atoms with Gasteiger partial charge in [-0.2, -0.15) is 5.54 Å². The molecule has 2 fully saturated rings. The van der Waals surface area contributed by atoms with Gasteiger partial charge in [-0.1, -0.05) is 32.4 Å². The van der Waals surface area contributed by atoms with Crippen LogP contribution in [-0.2, 0) is 49.5 Å². The Morgan fingerprint density at radius 2 is 1.33 bits per heavy atom. The van der Waals surface area contributed by atoms with Gasteiger partial charge in [0.2, 0.25) is 29.5 Å². The smallest absolute Gasteiger partial charge is 0.312 e. The maximum Gasteiger partial charge on any atom is 0.312 e. The molecular weight excluding hydrogens is 822 g/mol. The molecule has 0 spiro atoms. The van der Waals surface area contributed by atoms with Crippen LogP contribution in [0.1, 0.15) is 96.5 Å². The number of carbonyl (C=O) groups excluding carboxylic acids is 8. The van der Waals surface area contributed by atoms with Crippen molar-refractivity contribution in [2.24, 2.45) is 11.7 Å². The molecule has 4 rings (SSSR count). The van der Waals surface area contributed by atoms with Crippen LogP contribution in [0.4, 0.5) is 15.0 Å². The number of amides is 9. The van der Waals surface area contributed by atoms with E-state index in [1.165, 1.54) is 17.1 Å². The first-order valence-electron chi connectivity index (χ1n) is 21.9. The fourth-order valence-corrected chi connectivity index (χ4v) is 7.57. The topological polar surface area (TPSA) is 268 Å². The first kappa shape index (κ1) is 50.2. The Labute approximate surface area is 367 Å². The third-order valence-corrected chi connectivity index (χ3v) is 11.1. The molecule has 3 aliphatic heterocycles. The van der Waals surface area contributed by atoms with Crippen molar-refractivity contribution >= 4 is 53.1 Å². The van der Waals surface area contributed by atoms with Crippen molar-refractivity contribution in [3.05, 3.63) is 42.0 Å². The average molecular weight is 886 g/mol. The second-order valence-corrected chi connectivity index (χ2v) is 16.5. The van der Waals surface area contributed by atoms with Crippen LogP contribution in [-0.4, -0.2) is 122 Å². The quantitative estimate of drug-likeness (QED) is 0.0355. The Hall–Kier alpha value is -5.47. The minimum absolute atomic E-state index is 0.00411. The van der Waals surface area contributed by atoms with Crippen molar-refractivity contribution in [3.63, 3.8) is 0 Å². The van der Waals surface area contributed by atoms with Gasteiger partial charge in [0.25, 0.3) is 11.8 Å². The van der Waals surface area contributed by atoms with E-state index < -0.39 is 41.9 Å². The van der Waals surface area contributed by atoms with E-state index in [2.05, 4.69) is 31.9 Å². The first-order valence-corrected chi connectivity index (χ1v) is 21.9. The molecule has 0 saturated carbocycles. The molecule has 3 heterocycles. The summed E-state index contributed by atoms with van der Waals surface area (Å²) in [5.41, 5.74) is 8.10. The summed E-state index contributed by atoms with van der Waals surface area (Å²) in [4.78, 5) is 101. The Balaban J connectivity index is 1.12. The minimum Gasteiger partial charge on any atom is -0.373 e. The number of nitrogens with two attached hydrogens (primary N) is 1. The molecule has 63 heavy (non-hydrogen) atoms. The molecule has 9 N–H and O–H groups in total. The highest BCUT2D eigenvalue weighted by molar-refractivity contribution is 6.12. The normalized spacial score (nSPS) is 20.3. The highest BCUT2D eigenvalue weighted by Crippen LogP contribution is 2.24. The first-order chi connectivity index (χ1) is 30.2. The molecule has 2 saturated heterocycles. The molecule has 3 aliphatic rings. The van der Waals surface area contributed by atoms with E-state index in [0.717, 1.165) is 5.56 Å². The minimum atomic E-state index is -1.01. The molecular formula is C43H64FN9O10. The summed E-state index contributed by atoms with van der Waals surface area (Å²) in [7, 11) is 0. The fourth-order valence-electron chi connectivity index (χ4n) is 7.57. The summed E-state index contributed by atoms with van der Waals surface area (Å²) in [6, 6.07) is 4.16. The standard InChI is InChI=1S/C43H64FN9O10/c1-27(2)40(42(60)51-34(7-6-20-46-43(45)61)41(59)50-29-11-9-28(10-12-29)19-21-49-44)52-37(56)24-31-14-16-33(63-31)26-48-36(55)23-30-13-15-32(62-30)25-47-35(54)8-4-3-5-22-53-38(57)17-18-39(53)58/h9-12,17-18,27,30-34,40,49H,3-8,13-16,19-26H2,1-2H3,(H,47,54)(H,48,55)(H,50,59)(H,51,60)(H,52,56)(H3,45,46,61)/t30-,31-,32+,33+,34?,40?/m1/s1. The third kappa shape index (κ3) is 18.0. The van der Waals surface area contributed by atoms with Crippen molar-refractivity contribution in [2.45, 2.75) is 134 Å². The van der Waals surface area contributed by atoms with Crippen LogP contribution >= 0.6 is 0 Å². The zero-order valence-electron chi connectivity index (χ0n) is 36.2. The molecule has 20 heteroatoms. The van der Waals surface area contributed by atoms with Crippen LogP contribution in [0.15, 0.2) is 36.4 Å². The van der Waals surface area contributed by atoms with E-state index in [-0.39, 0.29) is 86.8 Å². The summed E-state index contributed by atoms with van der Waals surface area (Å²) < 4.78 is 24.4. The van der Waals surface area contributed by atoms with Gasteiger partial charge in [0.15, 0.2) is 0 Å². The Kier molecular flexibility index (Phi) is 20.9. The zero-order chi connectivity index (χ0) is 45.7. The van der Waals surface area contributed by atoms with Crippen LogP contribution in [0, 0.1) is 5.92 Å². The van der Waals surface area contributed by atoms with Gasteiger partial charge >= 0.3 is 6.03 Å². The van der Waals surface area contributed by atoms with Crippen molar-refractivity contribution in [2.75, 3.05) is 38.0 Å². The number of imide groups is 1. The van der Waals surface area contributed by atoms with Crippen LogP contribution in [0.5, 0.6) is 0 Å². The number of ether oxygens (including phenoxy) is 2. The molecule has 0 aromatic heterocycles. The van der Waals surface area contributed by atoms with Crippen molar-refractivity contribution in [1.82, 2.24) is 37.0 Å². The molecule has 348 valence electrons. The van der Waals surface area contributed by atoms with E-state index in [9.17, 15) is 42.8 Å². The molecule has 0 aliphatic carbocycles. The van der Waals surface area contributed by atoms with E-state index >= 15 is 0 Å². The van der Waals surface area contributed by atoms with Crippen LogP contribution in [0.25, 0.3) is 0 Å². The second-order valence-electron chi connectivity index (χ2n) is 16.5. The number of unbranched alkanes of at least 4 members (excludes halogenated alkanes) is 2. The Morgan fingerprint density at radius 3 is 1.94 bits per heavy atom. The molecule has 6 atom stereocenters. The Bertz CT molecular complexity index is 1750. The highest BCUT2D eigenvalue weighted by Gasteiger charge is 2.33. The van der Waals surface area contributed by atoms with E-state index in [1.807, 2.05) is 0 Å². The maximum absolute atomic E-state index is 13.6. The van der Waals surface area contributed by atoms with Crippen molar-refractivity contribution in [3.8, 4) is 0 Å². The van der Waals surface area contributed by atoms with Crippen molar-refractivity contribution in [1.29, 1.82) is 0 Å². The number of benzene rings is 1. The SMILES string of the molecule is CC(C)C(NC(=O)C[C@H]1CC[C@@H](CNC(=O)C[C@H]2CC[C@@H](CNC(=O)CCCCCN3C(=O)C=CC3=O)O2)O1)C(=O)NC(CCCNC(N)=O)C(=O)Nc1ccc(CCNF)cc1. The second kappa shape index (κ2) is 26.2. The fraction of sp³-hybridized carbons (Fsp3) is 0.628. The number of urea groups is 1. The van der Waals surface area contributed by atoms with Crippen LogP contribution in [0.2, 0.25) is 0 Å². The number of hydrogen-bond donors (Lipinski definition) is 8. The van der Waals surface area contributed by atoms with Gasteiger partial charge in [-0.25, -0.2) is 4.79 Å². The van der Waals surface area contributed by atoms with Gasteiger partial charge in [-0.05, 0) is 81.4 Å². The predicted molar refractivity (Wildman–Crippen MR) is 229 cm³/mol. The number of anilines is 1. The highest BCUT2D eigenvalue weighted by atomic mass is 19.2. The molecule has 19 nitrogen and oxygen atoms in total. The predicted octanol–water partition coefficient (Wildman–Crippen LogP) is 1.31. The van der Waals surface area contributed by atoms with Gasteiger partial charge in [0.1, 0.15) is 12.1 Å². The lowest BCUT2D eigenvalue weighted by Crippen LogP contribution is -2.54. The number of rotatable bonds is 27. The average Bonchev–Trinajstić information content (AvgIpc) is 3.98. The third-order valence-electron chi connectivity index (χ3n) is 11.1. The zero-order valence-corrected chi connectivity index (χ0v) is 36.2. The molecule has 9 amide bonds. The molecule has 1 aromatic rings. The summed E-state index contributed by atoms with van der Waals surface area (Å²) >= 11 is 0. The van der Waals surface area contributed by atoms with Gasteiger partial charge in [0, 0.05) is 57.0 Å². The number of primary amides is 1. The van der Waals surface area contributed by atoms with E-state index in [4.69, 9.17) is 15.2 Å². The lowest BCUT2D eigenvalue weighted by Gasteiger charge is -2.26. The summed E-state index contributed by atoms with van der Waals surface area (Å²) in [6.07, 6.45) is 7.34. The number of halogens is 1. The van der Waals surface area contributed by atoms with Crippen molar-refractivity contribution < 1.29 is 52.3 Å². The van der Waals surface area contributed by atoms with E-state index in [0.29, 0.717) is 83.0 Å². The number of hydrogen-bond acceptors (Lipinski definition) is 11. The van der Waals surface area contributed by atoms with Crippen LogP contribution in [0.3, 0.4) is 0 Å². The van der Waals surface area contributed by atoms with Gasteiger partial charge in [-0.15, -0.1) is 4.48 Å². The van der Waals surface area contributed by atoms with Gasteiger partial charge < -0.3 is 47.1 Å². The Morgan fingerprint density at radius 1 is 0.730 bits per heavy atom. The number of carbonyl (C=O) groups is 8. The monoisotopic (exact) mass is 885 g/mol. The lowest BCUT2D eigenvalue weighted by atomic mass is 10.0. The molecule has 2 unspecified atom stereocenters. The van der Waals surface area contributed by atoms with Crippen LogP contribution < -0.4 is 43.2 Å². The van der Waals surface area contributed by atoms with Gasteiger partial charge in [-0.3, -0.25) is 38.5 Å². The summed E-state index contributed by atoms with van der Waals surface area (Å²) in [6.45, 7) is 4.82. The lowest BCUT2D eigenvalue weighted by molar-refractivity contribution is -0.137. The maximum atomic E-state index is 13.6. The molecule has 0 radical (unpaired) electrons. The molecule has 1 aromatic carbocycles. The number of nitrogens with zero attached hydrogens (tertiary/aromatic N) is 1. The summed E-state index contributed by atoms with van der Waals surface area (Å²) in [5, 5.41) is 16.6. The molecule has 0 bridgehead atoms. The largest absolute Gasteiger partial charge is 0.373 e.